The molecule has 0 saturated heterocycles. The zero-order valence-corrected chi connectivity index (χ0v) is 15.9. The summed E-state index contributed by atoms with van der Waals surface area (Å²) in [5.41, 5.74) is 6.03. The highest BCUT2D eigenvalue weighted by Crippen LogP contribution is 2.44. The van der Waals surface area contributed by atoms with Gasteiger partial charge in [-0.1, -0.05) is 36.4 Å². The Bertz CT molecular complexity index is 1740. The van der Waals surface area contributed by atoms with Gasteiger partial charge in [-0.05, 0) is 36.4 Å². The van der Waals surface area contributed by atoms with Crippen LogP contribution in [0.2, 0.25) is 0 Å². The molecule has 0 aliphatic carbocycles. The molecule has 0 aliphatic rings. The van der Waals surface area contributed by atoms with E-state index in [9.17, 15) is 0 Å². The number of aromatic nitrogens is 3. The van der Waals surface area contributed by atoms with E-state index in [1.54, 1.807) is 0 Å². The highest BCUT2D eigenvalue weighted by molar-refractivity contribution is 6.34. The third-order valence-corrected chi connectivity index (χ3v) is 5.91. The number of fused-ring (bicyclic) bond motifs is 10. The molecule has 0 atom stereocenters. The van der Waals surface area contributed by atoms with Crippen LogP contribution < -0.4 is 0 Å². The highest BCUT2D eigenvalue weighted by atomic mass is 16.3. The summed E-state index contributed by atoms with van der Waals surface area (Å²) in [5, 5.41) is 5.44. The molecule has 4 nitrogen and oxygen atoms in total. The topological polar surface area (TPSA) is 43.9 Å². The van der Waals surface area contributed by atoms with E-state index < -0.39 is 0 Å². The maximum atomic E-state index is 6.39. The molecule has 4 heterocycles. The first-order valence-corrected chi connectivity index (χ1v) is 9.93. The van der Waals surface area contributed by atoms with Crippen molar-refractivity contribution in [3.8, 4) is 5.69 Å². The molecule has 30 heavy (non-hydrogen) atoms. The van der Waals surface area contributed by atoms with Crippen LogP contribution in [0, 0.1) is 0 Å². The van der Waals surface area contributed by atoms with Crippen LogP contribution in [0.1, 0.15) is 0 Å². The van der Waals surface area contributed by atoms with Gasteiger partial charge in [0.05, 0.1) is 21.9 Å². The van der Waals surface area contributed by atoms with E-state index >= 15 is 0 Å². The molecule has 0 radical (unpaired) electrons. The van der Waals surface area contributed by atoms with E-state index in [2.05, 4.69) is 58.1 Å². The van der Waals surface area contributed by atoms with Gasteiger partial charge in [0.2, 0.25) is 0 Å². The summed E-state index contributed by atoms with van der Waals surface area (Å²) in [6.07, 6.45) is 5.60. The van der Waals surface area contributed by atoms with Crippen molar-refractivity contribution in [2.75, 3.05) is 0 Å². The van der Waals surface area contributed by atoms with Gasteiger partial charge >= 0.3 is 0 Å². The number of furan rings is 1. The fourth-order valence-corrected chi connectivity index (χ4v) is 4.72. The van der Waals surface area contributed by atoms with Crippen LogP contribution in [0.3, 0.4) is 0 Å². The lowest BCUT2D eigenvalue weighted by molar-refractivity contribution is 0.672. The molecule has 4 heteroatoms. The molecule has 140 valence electrons. The summed E-state index contributed by atoms with van der Waals surface area (Å²) < 4.78 is 8.69. The molecule has 0 N–H and O–H groups in total. The third kappa shape index (κ3) is 1.90. The molecule has 0 fully saturated rings. The Morgan fingerprint density at radius 2 is 1.57 bits per heavy atom. The fourth-order valence-electron chi connectivity index (χ4n) is 4.72. The summed E-state index contributed by atoms with van der Waals surface area (Å²) in [4.78, 5) is 9.20. The lowest BCUT2D eigenvalue weighted by Gasteiger charge is -2.09. The first-order valence-electron chi connectivity index (χ1n) is 9.93. The molecular weight excluding hydrogens is 370 g/mol. The quantitative estimate of drug-likeness (QED) is 0.319. The molecule has 0 spiro atoms. The average molecular weight is 385 g/mol. The standard InChI is InChI=1S/C26H15N3O/c1-2-7-16(8-3-1)29-20-10-6-13-28-24(20)22-17-12-14-27-15-19(17)26-23(25(22)29)18-9-4-5-11-21(18)30-26/h1-15H. The zero-order chi connectivity index (χ0) is 19.7. The Kier molecular flexibility index (Phi) is 2.97. The Balaban J connectivity index is 1.91. The number of pyridine rings is 2. The second-order valence-electron chi connectivity index (χ2n) is 7.49. The predicted molar refractivity (Wildman–Crippen MR) is 121 cm³/mol. The molecule has 3 aromatic carbocycles. The number of para-hydroxylation sites is 2. The zero-order valence-electron chi connectivity index (χ0n) is 15.9. The third-order valence-electron chi connectivity index (χ3n) is 5.91. The van der Waals surface area contributed by atoms with Gasteiger partial charge in [0.1, 0.15) is 11.2 Å². The number of rotatable bonds is 1. The molecule has 7 aromatic rings. The molecular formula is C26H15N3O. The van der Waals surface area contributed by atoms with Gasteiger partial charge in [-0.15, -0.1) is 0 Å². The highest BCUT2D eigenvalue weighted by Gasteiger charge is 2.23. The molecule has 0 amide bonds. The van der Waals surface area contributed by atoms with Crippen molar-refractivity contribution in [2.24, 2.45) is 0 Å². The Morgan fingerprint density at radius 3 is 2.50 bits per heavy atom. The SMILES string of the molecule is c1ccc(-n2c3cccnc3c3c4ccncc4c4oc5ccccc5c4c32)cc1. The van der Waals surface area contributed by atoms with Crippen molar-refractivity contribution >= 4 is 54.6 Å². The van der Waals surface area contributed by atoms with E-state index in [1.165, 1.54) is 0 Å². The average Bonchev–Trinajstić information content (AvgIpc) is 3.36. The van der Waals surface area contributed by atoms with Crippen LogP contribution in [0.5, 0.6) is 0 Å². The fraction of sp³-hybridized carbons (Fsp3) is 0. The second-order valence-corrected chi connectivity index (χ2v) is 7.49. The van der Waals surface area contributed by atoms with Crippen LogP contribution in [-0.2, 0) is 0 Å². The minimum absolute atomic E-state index is 0.867. The van der Waals surface area contributed by atoms with Gasteiger partial charge in [0, 0.05) is 45.8 Å². The van der Waals surface area contributed by atoms with Crippen molar-refractivity contribution < 1.29 is 4.42 Å². The van der Waals surface area contributed by atoms with Crippen LogP contribution in [0.4, 0.5) is 0 Å². The maximum absolute atomic E-state index is 6.39. The van der Waals surface area contributed by atoms with Gasteiger partial charge in [-0.2, -0.15) is 0 Å². The van der Waals surface area contributed by atoms with Gasteiger partial charge in [-0.3, -0.25) is 9.97 Å². The minimum atomic E-state index is 0.867. The van der Waals surface area contributed by atoms with E-state index in [0.29, 0.717) is 0 Å². The summed E-state index contributed by atoms with van der Waals surface area (Å²) in [5.74, 6) is 0. The normalized spacial score (nSPS) is 12.0. The monoisotopic (exact) mass is 385 g/mol. The van der Waals surface area contributed by atoms with Gasteiger partial charge in [-0.25, -0.2) is 0 Å². The number of benzene rings is 3. The van der Waals surface area contributed by atoms with Gasteiger partial charge in [0.15, 0.2) is 0 Å². The minimum Gasteiger partial charge on any atom is -0.455 e. The predicted octanol–water partition coefficient (Wildman–Crippen LogP) is 6.63. The maximum Gasteiger partial charge on any atom is 0.146 e. The van der Waals surface area contributed by atoms with Gasteiger partial charge < -0.3 is 8.98 Å². The van der Waals surface area contributed by atoms with Crippen LogP contribution in [0.15, 0.2) is 95.8 Å². The van der Waals surface area contributed by atoms with E-state index in [-0.39, 0.29) is 0 Å². The van der Waals surface area contributed by atoms with Crippen molar-refractivity contribution in [3.05, 3.63) is 91.4 Å². The molecule has 0 bridgehead atoms. The molecule has 7 rings (SSSR count). The van der Waals surface area contributed by atoms with Crippen molar-refractivity contribution in [2.45, 2.75) is 0 Å². The summed E-state index contributed by atoms with van der Waals surface area (Å²) in [7, 11) is 0. The molecule has 4 aromatic heterocycles. The lowest BCUT2D eigenvalue weighted by Crippen LogP contribution is -1.94. The largest absolute Gasteiger partial charge is 0.455 e. The molecule has 0 saturated carbocycles. The van der Waals surface area contributed by atoms with Crippen molar-refractivity contribution in [3.63, 3.8) is 0 Å². The van der Waals surface area contributed by atoms with E-state index in [1.807, 2.05) is 42.9 Å². The lowest BCUT2D eigenvalue weighted by atomic mass is 10.0. The van der Waals surface area contributed by atoms with Crippen molar-refractivity contribution in [1.29, 1.82) is 0 Å². The number of nitrogens with zero attached hydrogens (tertiary/aromatic N) is 3. The summed E-state index contributed by atoms with van der Waals surface area (Å²) >= 11 is 0. The number of hydrogen-bond donors (Lipinski definition) is 0. The Labute approximate surface area is 171 Å². The van der Waals surface area contributed by atoms with Crippen molar-refractivity contribution in [1.82, 2.24) is 14.5 Å². The summed E-state index contributed by atoms with van der Waals surface area (Å²) in [6.45, 7) is 0. The first kappa shape index (κ1) is 15.7. The van der Waals surface area contributed by atoms with Crippen LogP contribution in [-0.4, -0.2) is 14.5 Å². The molecule has 0 unspecified atom stereocenters. The van der Waals surface area contributed by atoms with E-state index in [0.717, 1.165) is 60.3 Å². The van der Waals surface area contributed by atoms with E-state index in [4.69, 9.17) is 9.40 Å². The molecule has 0 aliphatic heterocycles. The van der Waals surface area contributed by atoms with Crippen LogP contribution >= 0.6 is 0 Å². The van der Waals surface area contributed by atoms with Crippen LogP contribution in [0.25, 0.3) is 60.3 Å². The first-order chi connectivity index (χ1) is 14.9. The summed E-state index contributed by atoms with van der Waals surface area (Å²) in [6, 6.07) is 24.9. The second kappa shape index (κ2) is 5.67. The van der Waals surface area contributed by atoms with Gasteiger partial charge in [0.25, 0.3) is 0 Å². The smallest absolute Gasteiger partial charge is 0.146 e. The number of hydrogen-bond acceptors (Lipinski definition) is 3. The Hall–Kier alpha value is -4.18. The Morgan fingerprint density at radius 1 is 0.700 bits per heavy atom.